The van der Waals surface area contributed by atoms with Gasteiger partial charge < -0.3 is 20.4 Å². The van der Waals surface area contributed by atoms with Crippen LogP contribution in [0.4, 0.5) is 0 Å². The Morgan fingerprint density at radius 3 is 2.29 bits per heavy atom. The molecule has 3 N–H and O–H groups in total. The van der Waals surface area contributed by atoms with Crippen molar-refractivity contribution in [2.75, 3.05) is 19.6 Å². The van der Waals surface area contributed by atoms with Crippen molar-refractivity contribution >= 4 is 35.8 Å². The van der Waals surface area contributed by atoms with Crippen molar-refractivity contribution in [3.63, 3.8) is 0 Å². The molecule has 0 unspecified atom stereocenters. The second-order valence-electron chi connectivity index (χ2n) is 7.38. The number of carbonyl (C=O) groups excluding carboxylic acids is 1. The Kier molecular flexibility index (Phi) is 10.7. The third kappa shape index (κ3) is 10.3. The lowest BCUT2D eigenvalue weighted by molar-refractivity contribution is -0.121. The first-order valence-electron chi connectivity index (χ1n) is 9.32. The van der Waals surface area contributed by atoms with Crippen molar-refractivity contribution in [3.8, 4) is 0 Å². The average molecular weight is 498 g/mol. The maximum absolute atomic E-state index is 12.0. The molecule has 0 saturated carbocycles. The molecule has 1 heterocycles. The second kappa shape index (κ2) is 12.4. The molecule has 1 amide bonds. The highest BCUT2D eigenvalue weighted by Gasteiger charge is 2.13. The number of nitrogens with one attached hydrogen (secondary N) is 3. The zero-order chi connectivity index (χ0) is 19.5. The van der Waals surface area contributed by atoms with E-state index in [2.05, 4.69) is 33.1 Å². The lowest BCUT2D eigenvalue weighted by Crippen LogP contribution is -2.43. The molecule has 0 atom stereocenters. The summed E-state index contributed by atoms with van der Waals surface area (Å²) in [6, 6.07) is 14.1. The number of hydrogen-bond donors (Lipinski definition) is 3. The van der Waals surface area contributed by atoms with Crippen LogP contribution >= 0.6 is 24.0 Å². The molecule has 154 valence electrons. The van der Waals surface area contributed by atoms with E-state index >= 15 is 0 Å². The molecule has 0 aliphatic heterocycles. The number of furan rings is 1. The summed E-state index contributed by atoms with van der Waals surface area (Å²) in [5.41, 5.74) is 0.991. The fraction of sp³-hybridized carbons (Fsp3) is 0.429. The van der Waals surface area contributed by atoms with Crippen LogP contribution in [0.25, 0.3) is 0 Å². The zero-order valence-electron chi connectivity index (χ0n) is 16.8. The van der Waals surface area contributed by atoms with Gasteiger partial charge in [0, 0.05) is 25.0 Å². The molecule has 0 spiro atoms. The monoisotopic (exact) mass is 498 g/mol. The average Bonchev–Trinajstić information content (AvgIpc) is 3.12. The first kappa shape index (κ1) is 24.0. The minimum atomic E-state index is -0.264. The van der Waals surface area contributed by atoms with Crippen LogP contribution in [-0.2, 0) is 17.6 Å². The Balaban J connectivity index is 0.00000392. The molecule has 6 nitrogen and oxygen atoms in total. The number of carbonyl (C=O) groups is 1. The molecule has 0 aliphatic carbocycles. The first-order chi connectivity index (χ1) is 12.9. The van der Waals surface area contributed by atoms with Crippen molar-refractivity contribution in [1.82, 2.24) is 16.0 Å². The van der Waals surface area contributed by atoms with Crippen LogP contribution in [0.2, 0.25) is 0 Å². The molecule has 2 aromatic rings. The third-order valence-electron chi connectivity index (χ3n) is 3.69. The SMILES string of the molecule is CC(C)(C)NC(=O)CN=C(NCCc1ccccc1)NCCc1ccco1.I. The highest BCUT2D eigenvalue weighted by Crippen LogP contribution is 2.00. The lowest BCUT2D eigenvalue weighted by atomic mass is 10.1. The van der Waals surface area contributed by atoms with Gasteiger partial charge in [-0.1, -0.05) is 30.3 Å². The summed E-state index contributed by atoms with van der Waals surface area (Å²) in [6.07, 6.45) is 3.30. The van der Waals surface area contributed by atoms with Gasteiger partial charge in [-0.2, -0.15) is 0 Å². The van der Waals surface area contributed by atoms with Crippen LogP contribution in [0.1, 0.15) is 32.1 Å². The molecular formula is C21H31IN4O2. The quantitative estimate of drug-likeness (QED) is 0.297. The zero-order valence-corrected chi connectivity index (χ0v) is 19.2. The number of benzene rings is 1. The Bertz CT molecular complexity index is 710. The van der Waals surface area contributed by atoms with E-state index in [0.717, 1.165) is 25.1 Å². The molecule has 7 heteroatoms. The predicted molar refractivity (Wildman–Crippen MR) is 124 cm³/mol. The standard InChI is InChI=1S/C21H30N4O2.HI/c1-21(2,3)25-19(26)16-24-20(23-14-12-18-10-7-15-27-18)22-13-11-17-8-5-4-6-9-17;/h4-10,15H,11-14,16H2,1-3H3,(H,25,26)(H2,22,23,24);1H. The Labute approximate surface area is 184 Å². The number of nitrogens with zero attached hydrogens (tertiary/aromatic N) is 1. The molecule has 1 aromatic heterocycles. The number of rotatable bonds is 8. The lowest BCUT2D eigenvalue weighted by Gasteiger charge is -2.20. The minimum absolute atomic E-state index is 0. The van der Waals surface area contributed by atoms with Crippen LogP contribution in [0.3, 0.4) is 0 Å². The van der Waals surface area contributed by atoms with E-state index in [9.17, 15) is 4.79 Å². The van der Waals surface area contributed by atoms with E-state index in [-0.39, 0.29) is 42.0 Å². The van der Waals surface area contributed by atoms with E-state index in [0.29, 0.717) is 12.5 Å². The Hall–Kier alpha value is -2.03. The summed E-state index contributed by atoms with van der Waals surface area (Å²) in [4.78, 5) is 16.4. The van der Waals surface area contributed by atoms with Crippen molar-refractivity contribution in [2.45, 2.75) is 39.2 Å². The van der Waals surface area contributed by atoms with Gasteiger partial charge in [-0.3, -0.25) is 4.79 Å². The van der Waals surface area contributed by atoms with Gasteiger partial charge in [-0.25, -0.2) is 4.99 Å². The first-order valence-corrected chi connectivity index (χ1v) is 9.32. The number of halogens is 1. The molecule has 0 saturated heterocycles. The van der Waals surface area contributed by atoms with E-state index < -0.39 is 0 Å². The molecule has 0 aliphatic rings. The van der Waals surface area contributed by atoms with Crippen molar-refractivity contribution in [2.24, 2.45) is 4.99 Å². The fourth-order valence-corrected chi connectivity index (χ4v) is 2.51. The van der Waals surface area contributed by atoms with Crippen molar-refractivity contribution in [3.05, 3.63) is 60.1 Å². The molecule has 28 heavy (non-hydrogen) atoms. The fourth-order valence-electron chi connectivity index (χ4n) is 2.51. The summed E-state index contributed by atoms with van der Waals surface area (Å²) in [7, 11) is 0. The van der Waals surface area contributed by atoms with Gasteiger partial charge >= 0.3 is 0 Å². The minimum Gasteiger partial charge on any atom is -0.469 e. The highest BCUT2D eigenvalue weighted by atomic mass is 127. The van der Waals surface area contributed by atoms with Gasteiger partial charge in [-0.15, -0.1) is 24.0 Å². The number of aliphatic imine (C=N–C) groups is 1. The summed E-state index contributed by atoms with van der Waals surface area (Å²) in [6.45, 7) is 7.35. The number of hydrogen-bond acceptors (Lipinski definition) is 3. The van der Waals surface area contributed by atoms with E-state index in [1.54, 1.807) is 6.26 Å². The summed E-state index contributed by atoms with van der Waals surface area (Å²) < 4.78 is 5.34. The largest absolute Gasteiger partial charge is 0.469 e. The summed E-state index contributed by atoms with van der Waals surface area (Å²) >= 11 is 0. The van der Waals surface area contributed by atoms with Gasteiger partial charge in [0.1, 0.15) is 12.3 Å². The summed E-state index contributed by atoms with van der Waals surface area (Å²) in [5.74, 6) is 1.44. The normalized spacial score (nSPS) is 11.5. The van der Waals surface area contributed by atoms with Gasteiger partial charge in [0.2, 0.25) is 5.91 Å². The third-order valence-corrected chi connectivity index (χ3v) is 3.69. The van der Waals surface area contributed by atoms with Crippen molar-refractivity contribution in [1.29, 1.82) is 0 Å². The van der Waals surface area contributed by atoms with Gasteiger partial charge in [-0.05, 0) is 44.9 Å². The maximum atomic E-state index is 12.0. The number of guanidine groups is 1. The van der Waals surface area contributed by atoms with Crippen LogP contribution in [0.5, 0.6) is 0 Å². The van der Waals surface area contributed by atoms with Crippen LogP contribution < -0.4 is 16.0 Å². The topological polar surface area (TPSA) is 78.7 Å². The highest BCUT2D eigenvalue weighted by molar-refractivity contribution is 14.0. The van der Waals surface area contributed by atoms with Crippen LogP contribution in [0.15, 0.2) is 58.1 Å². The van der Waals surface area contributed by atoms with E-state index in [4.69, 9.17) is 4.42 Å². The molecular weight excluding hydrogens is 467 g/mol. The number of amides is 1. The van der Waals surface area contributed by atoms with Crippen molar-refractivity contribution < 1.29 is 9.21 Å². The molecule has 0 fully saturated rings. The van der Waals surface area contributed by atoms with Gasteiger partial charge in [0.15, 0.2) is 5.96 Å². The molecule has 2 rings (SSSR count). The Morgan fingerprint density at radius 2 is 1.68 bits per heavy atom. The molecule has 0 radical (unpaired) electrons. The van der Waals surface area contributed by atoms with Gasteiger partial charge in [0.25, 0.3) is 0 Å². The molecule has 0 bridgehead atoms. The van der Waals surface area contributed by atoms with Crippen LogP contribution in [-0.4, -0.2) is 37.0 Å². The second-order valence-corrected chi connectivity index (χ2v) is 7.38. The maximum Gasteiger partial charge on any atom is 0.242 e. The van der Waals surface area contributed by atoms with Gasteiger partial charge in [0.05, 0.1) is 6.26 Å². The summed E-state index contributed by atoms with van der Waals surface area (Å²) in [5, 5.41) is 9.47. The predicted octanol–water partition coefficient (Wildman–Crippen LogP) is 3.13. The van der Waals surface area contributed by atoms with Crippen LogP contribution in [0, 0.1) is 0 Å². The van der Waals surface area contributed by atoms with E-state index in [1.807, 2.05) is 51.1 Å². The smallest absolute Gasteiger partial charge is 0.242 e. The van der Waals surface area contributed by atoms with E-state index in [1.165, 1.54) is 5.56 Å². The Morgan fingerprint density at radius 1 is 1.00 bits per heavy atom. The molecule has 1 aromatic carbocycles.